The van der Waals surface area contributed by atoms with Crippen molar-refractivity contribution in [3.63, 3.8) is 0 Å². The van der Waals surface area contributed by atoms with Crippen LogP contribution in [0.15, 0.2) is 58.2 Å². The summed E-state index contributed by atoms with van der Waals surface area (Å²) in [5, 5.41) is 10.8. The lowest BCUT2D eigenvalue weighted by molar-refractivity contribution is 0.261. The van der Waals surface area contributed by atoms with Gasteiger partial charge in [-0.05, 0) is 25.1 Å². The first-order valence-electron chi connectivity index (χ1n) is 9.84. The molecule has 2 N–H and O–H groups in total. The Morgan fingerprint density at radius 3 is 2.97 bits per heavy atom. The van der Waals surface area contributed by atoms with Gasteiger partial charge in [0.15, 0.2) is 11.8 Å². The van der Waals surface area contributed by atoms with Crippen molar-refractivity contribution in [2.24, 2.45) is 4.99 Å². The van der Waals surface area contributed by atoms with Crippen molar-refractivity contribution in [1.29, 1.82) is 0 Å². The zero-order valence-corrected chi connectivity index (χ0v) is 16.3. The van der Waals surface area contributed by atoms with Gasteiger partial charge >= 0.3 is 0 Å². The summed E-state index contributed by atoms with van der Waals surface area (Å²) in [7, 11) is 0. The summed E-state index contributed by atoms with van der Waals surface area (Å²) in [6, 6.07) is 13.9. The third-order valence-electron chi connectivity index (χ3n) is 4.57. The van der Waals surface area contributed by atoms with E-state index in [-0.39, 0.29) is 6.04 Å². The zero-order chi connectivity index (χ0) is 19.9. The van der Waals surface area contributed by atoms with Gasteiger partial charge in [-0.25, -0.2) is 0 Å². The maximum atomic E-state index is 5.74. The van der Waals surface area contributed by atoms with E-state index in [4.69, 9.17) is 9.26 Å². The number of nitrogens with one attached hydrogen (secondary N) is 2. The Morgan fingerprint density at radius 1 is 1.21 bits per heavy atom. The standard InChI is InChI=1S/C21H24N6O2/c1-2-22-21(25-16-11-14-28-18-9-4-3-7-15(16)18)24-13-10-19-26-20(29-27-19)17-8-5-6-12-23-17/h3-9,12,16H,2,10-11,13-14H2,1H3,(H2,22,24,25). The highest BCUT2D eigenvalue weighted by molar-refractivity contribution is 5.80. The number of pyridine rings is 1. The summed E-state index contributed by atoms with van der Waals surface area (Å²) in [5.74, 6) is 2.73. The molecule has 1 aromatic carbocycles. The van der Waals surface area contributed by atoms with Gasteiger partial charge in [-0.2, -0.15) is 4.98 Å². The second kappa shape index (κ2) is 9.18. The van der Waals surface area contributed by atoms with Gasteiger partial charge in [-0.3, -0.25) is 9.98 Å². The Kier molecular flexibility index (Phi) is 5.99. The number of para-hydroxylation sites is 1. The monoisotopic (exact) mass is 392 g/mol. The van der Waals surface area contributed by atoms with Crippen LogP contribution in [0.2, 0.25) is 0 Å². The smallest absolute Gasteiger partial charge is 0.276 e. The van der Waals surface area contributed by atoms with E-state index in [1.54, 1.807) is 6.20 Å². The molecular weight excluding hydrogens is 368 g/mol. The number of guanidine groups is 1. The van der Waals surface area contributed by atoms with Crippen molar-refractivity contribution in [2.45, 2.75) is 25.8 Å². The fourth-order valence-electron chi connectivity index (χ4n) is 3.19. The van der Waals surface area contributed by atoms with E-state index in [1.807, 2.05) is 43.3 Å². The van der Waals surface area contributed by atoms with Crippen LogP contribution in [0.25, 0.3) is 11.6 Å². The Morgan fingerprint density at radius 2 is 2.10 bits per heavy atom. The first-order chi connectivity index (χ1) is 14.3. The molecule has 0 radical (unpaired) electrons. The van der Waals surface area contributed by atoms with Gasteiger partial charge in [0.25, 0.3) is 5.89 Å². The van der Waals surface area contributed by atoms with E-state index < -0.39 is 0 Å². The first kappa shape index (κ1) is 18.9. The molecule has 1 atom stereocenters. The second-order valence-corrected chi connectivity index (χ2v) is 6.61. The Balaban J connectivity index is 1.39. The number of fused-ring (bicyclic) bond motifs is 1. The maximum Gasteiger partial charge on any atom is 0.276 e. The molecule has 0 spiro atoms. The number of nitrogens with zero attached hydrogens (tertiary/aromatic N) is 4. The van der Waals surface area contributed by atoms with Crippen LogP contribution in [0.1, 0.15) is 30.8 Å². The fraction of sp³-hybridized carbons (Fsp3) is 0.333. The Labute approximate surface area is 169 Å². The minimum Gasteiger partial charge on any atom is -0.493 e. The van der Waals surface area contributed by atoms with Crippen LogP contribution in [0.3, 0.4) is 0 Å². The molecule has 0 saturated carbocycles. The first-order valence-corrected chi connectivity index (χ1v) is 9.84. The number of aromatic nitrogens is 3. The number of ether oxygens (including phenoxy) is 1. The van der Waals surface area contributed by atoms with Gasteiger partial charge in [0.05, 0.1) is 12.6 Å². The van der Waals surface area contributed by atoms with Crippen LogP contribution in [0, 0.1) is 0 Å². The molecule has 0 fully saturated rings. The van der Waals surface area contributed by atoms with Crippen molar-refractivity contribution in [1.82, 2.24) is 25.8 Å². The van der Waals surface area contributed by atoms with Gasteiger partial charge < -0.3 is 19.9 Å². The van der Waals surface area contributed by atoms with Crippen LogP contribution in [-0.4, -0.2) is 40.8 Å². The van der Waals surface area contributed by atoms with Gasteiger partial charge in [0.2, 0.25) is 0 Å². The molecule has 29 heavy (non-hydrogen) atoms. The van der Waals surface area contributed by atoms with Crippen LogP contribution in [0.4, 0.5) is 0 Å². The fourth-order valence-corrected chi connectivity index (χ4v) is 3.19. The lowest BCUT2D eigenvalue weighted by Crippen LogP contribution is -2.41. The minimum absolute atomic E-state index is 0.165. The molecule has 1 aliphatic rings. The SMILES string of the molecule is CCNC(=NCCc1noc(-c2ccccn2)n1)NC1CCOc2ccccc21. The topological polar surface area (TPSA) is 97.5 Å². The molecule has 1 unspecified atom stereocenters. The molecule has 0 saturated heterocycles. The summed E-state index contributed by atoms with van der Waals surface area (Å²) in [6.07, 6.45) is 3.17. The molecule has 0 amide bonds. The minimum atomic E-state index is 0.165. The Hall–Kier alpha value is -3.42. The lowest BCUT2D eigenvalue weighted by atomic mass is 10.0. The van der Waals surface area contributed by atoms with Gasteiger partial charge in [-0.15, -0.1) is 0 Å². The summed E-state index contributed by atoms with van der Waals surface area (Å²) in [4.78, 5) is 13.3. The third kappa shape index (κ3) is 4.71. The predicted octanol–water partition coefficient (Wildman–Crippen LogP) is 2.75. The van der Waals surface area contributed by atoms with E-state index in [0.29, 0.717) is 37.0 Å². The second-order valence-electron chi connectivity index (χ2n) is 6.61. The number of hydrogen-bond acceptors (Lipinski definition) is 6. The normalized spacial score (nSPS) is 16.0. The molecule has 150 valence electrons. The van der Waals surface area contributed by atoms with Crippen molar-refractivity contribution >= 4 is 5.96 Å². The molecule has 3 aromatic rings. The number of rotatable bonds is 6. The molecule has 1 aliphatic heterocycles. The summed E-state index contributed by atoms with van der Waals surface area (Å²) < 4.78 is 11.0. The van der Waals surface area contributed by atoms with Gasteiger partial charge in [-0.1, -0.05) is 29.4 Å². The summed E-state index contributed by atoms with van der Waals surface area (Å²) >= 11 is 0. The highest BCUT2D eigenvalue weighted by atomic mass is 16.5. The van der Waals surface area contributed by atoms with Crippen molar-refractivity contribution in [3.8, 4) is 17.3 Å². The van der Waals surface area contributed by atoms with Gasteiger partial charge in [0, 0.05) is 37.7 Å². The molecule has 8 nitrogen and oxygen atoms in total. The largest absolute Gasteiger partial charge is 0.493 e. The zero-order valence-electron chi connectivity index (χ0n) is 16.3. The van der Waals surface area contributed by atoms with Crippen molar-refractivity contribution < 1.29 is 9.26 Å². The van der Waals surface area contributed by atoms with Crippen LogP contribution >= 0.6 is 0 Å². The molecule has 2 aromatic heterocycles. The quantitative estimate of drug-likeness (QED) is 0.492. The summed E-state index contributed by atoms with van der Waals surface area (Å²) in [5.41, 5.74) is 1.82. The van der Waals surface area contributed by atoms with Crippen molar-refractivity contribution in [3.05, 3.63) is 60.0 Å². The van der Waals surface area contributed by atoms with E-state index in [1.165, 1.54) is 0 Å². The highest BCUT2D eigenvalue weighted by Crippen LogP contribution is 2.31. The molecule has 0 bridgehead atoms. The number of aliphatic imine (C=N–C) groups is 1. The molecule has 8 heteroatoms. The van der Waals surface area contributed by atoms with Crippen LogP contribution < -0.4 is 15.4 Å². The number of hydrogen-bond donors (Lipinski definition) is 2. The van der Waals surface area contributed by atoms with E-state index in [0.717, 1.165) is 30.2 Å². The number of benzene rings is 1. The molecule has 0 aliphatic carbocycles. The van der Waals surface area contributed by atoms with E-state index in [9.17, 15) is 0 Å². The third-order valence-corrected chi connectivity index (χ3v) is 4.57. The maximum absolute atomic E-state index is 5.74. The summed E-state index contributed by atoms with van der Waals surface area (Å²) in [6.45, 7) is 4.06. The molecule has 3 heterocycles. The van der Waals surface area contributed by atoms with Gasteiger partial charge in [0.1, 0.15) is 11.4 Å². The average molecular weight is 392 g/mol. The highest BCUT2D eigenvalue weighted by Gasteiger charge is 2.21. The Bertz CT molecular complexity index is 957. The van der Waals surface area contributed by atoms with Crippen molar-refractivity contribution in [2.75, 3.05) is 19.7 Å². The predicted molar refractivity (Wildman–Crippen MR) is 110 cm³/mol. The average Bonchev–Trinajstić information content (AvgIpc) is 3.24. The lowest BCUT2D eigenvalue weighted by Gasteiger charge is -2.28. The van der Waals surface area contributed by atoms with Crippen LogP contribution in [-0.2, 0) is 6.42 Å². The molecular formula is C21H24N6O2. The van der Waals surface area contributed by atoms with E-state index >= 15 is 0 Å². The van der Waals surface area contributed by atoms with E-state index in [2.05, 4.69) is 36.8 Å². The molecule has 4 rings (SSSR count). The van der Waals surface area contributed by atoms with Crippen LogP contribution in [0.5, 0.6) is 5.75 Å².